The first-order valence-corrected chi connectivity index (χ1v) is 19.9. The van der Waals surface area contributed by atoms with Crippen LogP contribution in [0.5, 0.6) is 0 Å². The summed E-state index contributed by atoms with van der Waals surface area (Å²) >= 11 is 1.52. The first kappa shape index (κ1) is 40.6. The number of carbonyl (C=O) groups is 4. The van der Waals surface area contributed by atoms with Crippen LogP contribution in [0.3, 0.4) is 0 Å². The maximum atomic E-state index is 13.5. The number of imidazole rings is 2. The number of nitrogens with one attached hydrogen (secondary N) is 4. The maximum absolute atomic E-state index is 13.5. The monoisotopic (exact) mass is 792 g/mol. The quantitative estimate of drug-likeness (QED) is 0.141. The smallest absolute Gasteiger partial charge is 0.407 e. The predicted molar refractivity (Wildman–Crippen MR) is 215 cm³/mol. The summed E-state index contributed by atoms with van der Waals surface area (Å²) in [5, 5.41) is 5.36. The van der Waals surface area contributed by atoms with E-state index in [-0.39, 0.29) is 35.7 Å². The summed E-state index contributed by atoms with van der Waals surface area (Å²) in [4.78, 5) is 72.3. The first-order valence-electron chi connectivity index (χ1n) is 19.1. The van der Waals surface area contributed by atoms with Crippen molar-refractivity contribution >= 4 is 35.3 Å². The molecule has 0 saturated carbocycles. The molecule has 14 nitrogen and oxygen atoms in total. The summed E-state index contributed by atoms with van der Waals surface area (Å²) in [6.07, 6.45) is 5.52. The molecule has 0 aliphatic carbocycles. The van der Waals surface area contributed by atoms with Crippen LogP contribution >= 0.6 is 11.3 Å². The number of aromatic nitrogens is 4. The topological polar surface area (TPSA) is 175 Å². The number of rotatable bonds is 10. The zero-order valence-corrected chi connectivity index (χ0v) is 33.8. The third kappa shape index (κ3) is 9.50. The van der Waals surface area contributed by atoms with Crippen LogP contribution in [-0.2, 0) is 19.1 Å². The van der Waals surface area contributed by atoms with Crippen LogP contribution in [-0.4, -0.2) is 93.1 Å². The number of alkyl carbamates (subject to hydrolysis) is 2. The highest BCUT2D eigenvalue weighted by Crippen LogP contribution is 2.35. The van der Waals surface area contributed by atoms with Gasteiger partial charge in [0, 0.05) is 18.7 Å². The Hall–Kier alpha value is -6.06. The molecule has 3 aromatic heterocycles. The molecule has 4 amide bonds. The van der Waals surface area contributed by atoms with Gasteiger partial charge in [-0.2, -0.15) is 0 Å². The van der Waals surface area contributed by atoms with Crippen molar-refractivity contribution < 1.29 is 28.7 Å². The van der Waals surface area contributed by atoms with E-state index in [1.165, 1.54) is 25.6 Å². The number of nitrogens with zero attached hydrogens (tertiary/aromatic N) is 4. The molecule has 4 N–H and O–H groups in total. The minimum absolute atomic E-state index is 0.109. The van der Waals surface area contributed by atoms with Gasteiger partial charge in [0.2, 0.25) is 11.8 Å². The van der Waals surface area contributed by atoms with Gasteiger partial charge < -0.3 is 39.9 Å². The lowest BCUT2D eigenvalue weighted by atomic mass is 10.0. The molecule has 2 saturated heterocycles. The average Bonchev–Trinajstić information content (AvgIpc) is 4.06. The molecule has 2 aliphatic heterocycles. The van der Waals surface area contributed by atoms with Gasteiger partial charge in [-0.05, 0) is 85.1 Å². The molecule has 5 heterocycles. The predicted octanol–water partition coefficient (Wildman–Crippen LogP) is 6.02. The van der Waals surface area contributed by atoms with E-state index in [4.69, 9.17) is 9.47 Å². The van der Waals surface area contributed by atoms with Gasteiger partial charge in [-0.15, -0.1) is 11.3 Å². The number of benzene rings is 1. The van der Waals surface area contributed by atoms with Crippen molar-refractivity contribution in [2.45, 2.75) is 77.5 Å². The van der Waals surface area contributed by atoms with Crippen molar-refractivity contribution in [1.82, 2.24) is 40.4 Å². The van der Waals surface area contributed by atoms with Gasteiger partial charge in [0.15, 0.2) is 0 Å². The normalized spacial score (nSPS) is 17.3. The summed E-state index contributed by atoms with van der Waals surface area (Å²) < 4.78 is 9.48. The van der Waals surface area contributed by atoms with Crippen molar-refractivity contribution in [3.8, 4) is 45.5 Å². The van der Waals surface area contributed by atoms with Crippen LogP contribution in [0.25, 0.3) is 21.8 Å². The summed E-state index contributed by atoms with van der Waals surface area (Å²) in [6.45, 7) is 8.74. The third-order valence-corrected chi connectivity index (χ3v) is 11.2. The highest BCUT2D eigenvalue weighted by molar-refractivity contribution is 7.16. The fourth-order valence-electron chi connectivity index (χ4n) is 7.15. The van der Waals surface area contributed by atoms with Crippen molar-refractivity contribution in [2.75, 3.05) is 27.3 Å². The second-order valence-electron chi connectivity index (χ2n) is 14.7. The van der Waals surface area contributed by atoms with Crippen LogP contribution in [0, 0.1) is 35.5 Å². The van der Waals surface area contributed by atoms with E-state index < -0.39 is 24.3 Å². The van der Waals surface area contributed by atoms with Crippen LogP contribution in [0.15, 0.2) is 48.8 Å². The van der Waals surface area contributed by atoms with Gasteiger partial charge in [0.25, 0.3) is 0 Å². The Balaban J connectivity index is 1.06. The number of carbonyl (C=O) groups excluding carboxylic acids is 4. The lowest BCUT2D eigenvalue weighted by molar-refractivity contribution is -0.136. The Kier molecular flexibility index (Phi) is 13.0. The number of aromatic amines is 2. The second kappa shape index (κ2) is 18.3. The zero-order chi connectivity index (χ0) is 40.6. The Bertz CT molecular complexity index is 2200. The number of H-pyrrole nitrogens is 2. The summed E-state index contributed by atoms with van der Waals surface area (Å²) in [5.41, 5.74) is 3.42. The summed E-state index contributed by atoms with van der Waals surface area (Å²) in [7, 11) is 2.57. The molecule has 6 rings (SSSR count). The van der Waals surface area contributed by atoms with E-state index in [2.05, 4.69) is 54.3 Å². The van der Waals surface area contributed by atoms with E-state index in [0.29, 0.717) is 24.7 Å². The number of likely N-dealkylation sites (tertiary alicyclic amines) is 2. The third-order valence-electron chi connectivity index (χ3n) is 10.2. The molecule has 57 heavy (non-hydrogen) atoms. The van der Waals surface area contributed by atoms with Gasteiger partial charge >= 0.3 is 12.2 Å². The molecule has 298 valence electrons. The molecule has 1 aromatic carbocycles. The lowest BCUT2D eigenvalue weighted by Gasteiger charge is -2.30. The molecule has 15 heteroatoms. The first-order chi connectivity index (χ1) is 27.5. The van der Waals surface area contributed by atoms with Crippen LogP contribution in [0.1, 0.15) is 87.6 Å². The highest BCUT2D eigenvalue weighted by Gasteiger charge is 2.39. The van der Waals surface area contributed by atoms with Crippen LogP contribution in [0.4, 0.5) is 9.59 Å². The van der Waals surface area contributed by atoms with Gasteiger partial charge in [0.1, 0.15) is 23.7 Å². The molecule has 0 unspecified atom stereocenters. The number of amides is 4. The molecule has 4 atom stereocenters. The van der Waals surface area contributed by atoms with Crippen molar-refractivity contribution in [3.63, 3.8) is 0 Å². The highest BCUT2D eigenvalue weighted by atomic mass is 32.1. The Labute approximate surface area is 336 Å². The largest absolute Gasteiger partial charge is 0.453 e. The van der Waals surface area contributed by atoms with Gasteiger partial charge in [-0.3, -0.25) is 9.59 Å². The molecule has 2 aliphatic rings. The van der Waals surface area contributed by atoms with Gasteiger partial charge in [0.05, 0.1) is 59.8 Å². The number of hydrogen-bond acceptors (Lipinski definition) is 9. The molecular formula is C42H48N8O6S. The van der Waals surface area contributed by atoms with Crippen molar-refractivity contribution in [2.24, 2.45) is 11.8 Å². The zero-order valence-electron chi connectivity index (χ0n) is 33.0. The number of hydrogen-bond donors (Lipinski definition) is 4. The van der Waals surface area contributed by atoms with E-state index in [0.717, 1.165) is 58.0 Å². The summed E-state index contributed by atoms with van der Waals surface area (Å²) in [5.74, 6) is 13.0. The van der Waals surface area contributed by atoms with E-state index in [9.17, 15) is 19.2 Å². The lowest BCUT2D eigenvalue weighted by Crippen LogP contribution is -2.51. The standard InChI is InChI=1S/C42H48N8O6S/c1-25(2)35(47-41(53)55-5)39(51)49-21-9-13-32(49)37-43-23-30(45-37)28-17-15-27(16-18-28)11-7-8-12-29-19-20-34(57-29)31-24-44-38(46-31)33-14-10-22-50(33)40(52)36(26(3)4)48-42(54)56-6/h15-20,23-26,32-33,35-36H,9-10,13-14,21-22H2,1-6H3,(H,43,45)(H,44,46)(H,47,53)(H,48,54)/t32-,33-,35-,36-/m0/s1. The number of thiophene rings is 1. The minimum Gasteiger partial charge on any atom is -0.453 e. The Morgan fingerprint density at radius 2 is 1.25 bits per heavy atom. The molecular weight excluding hydrogens is 745 g/mol. The maximum Gasteiger partial charge on any atom is 0.407 e. The number of methoxy groups -OCH3 is 2. The Morgan fingerprint density at radius 3 is 1.77 bits per heavy atom. The molecule has 2 fully saturated rings. The summed E-state index contributed by atoms with van der Waals surface area (Å²) in [6, 6.07) is 9.91. The SMILES string of the molecule is COC(=O)N[C@H](C(=O)N1CCC[C@H]1c1ncc(-c2ccc(C#CC#Cc3ccc(-c4cnc([C@@H]5CCCN5C(=O)[C@@H](NC(=O)OC)C(C)C)[nH]4)s3)cc2)[nH]1)C(C)C. The fourth-order valence-corrected chi connectivity index (χ4v) is 7.97. The van der Waals surface area contributed by atoms with E-state index >= 15 is 0 Å². The molecule has 4 aromatic rings. The number of ether oxygens (including phenoxy) is 2. The van der Waals surface area contributed by atoms with Crippen LogP contribution < -0.4 is 10.6 Å². The fraction of sp³-hybridized carbons (Fsp3) is 0.429. The molecule has 0 radical (unpaired) electrons. The second-order valence-corrected chi connectivity index (χ2v) is 15.8. The Morgan fingerprint density at radius 1 is 0.737 bits per heavy atom. The molecule has 0 bridgehead atoms. The van der Waals surface area contributed by atoms with E-state index in [1.54, 1.807) is 22.2 Å². The van der Waals surface area contributed by atoms with Crippen LogP contribution in [0.2, 0.25) is 0 Å². The van der Waals surface area contributed by atoms with Crippen molar-refractivity contribution in [3.05, 3.63) is 70.9 Å². The van der Waals surface area contributed by atoms with E-state index in [1.807, 2.05) is 64.1 Å². The van der Waals surface area contributed by atoms with Gasteiger partial charge in [-0.25, -0.2) is 19.6 Å². The average molecular weight is 793 g/mol. The van der Waals surface area contributed by atoms with Gasteiger partial charge in [-0.1, -0.05) is 45.7 Å². The van der Waals surface area contributed by atoms with Crippen molar-refractivity contribution in [1.29, 1.82) is 0 Å². The molecule has 0 spiro atoms. The minimum atomic E-state index is -0.692.